The maximum atomic E-state index is 14.4. The van der Waals surface area contributed by atoms with E-state index in [9.17, 15) is 26.7 Å². The van der Waals surface area contributed by atoms with Gasteiger partial charge in [0.1, 0.15) is 11.5 Å². The second-order valence-corrected chi connectivity index (χ2v) is 16.1. The molecule has 4 rings (SSSR count). The molecule has 49 heavy (non-hydrogen) atoms. The smallest absolute Gasteiger partial charge is 0.280 e. The number of amides is 1. The van der Waals surface area contributed by atoms with Gasteiger partial charge in [-0.25, -0.2) is 13.4 Å². The van der Waals surface area contributed by atoms with Gasteiger partial charge in [0.25, 0.3) is 15.9 Å². The molecule has 0 fully saturated rings. The van der Waals surface area contributed by atoms with E-state index in [4.69, 9.17) is 14.2 Å². The first-order chi connectivity index (χ1) is 23.2. The number of hydrogen-bond acceptors (Lipinski definition) is 10. The topological polar surface area (TPSA) is 170 Å². The Kier molecular flexibility index (Phi) is 12.7. The van der Waals surface area contributed by atoms with Gasteiger partial charge in [0.15, 0.2) is 5.03 Å². The van der Waals surface area contributed by atoms with Gasteiger partial charge in [-0.2, -0.15) is 12.7 Å². The highest BCUT2D eigenvalue weighted by Crippen LogP contribution is 2.30. The summed E-state index contributed by atoms with van der Waals surface area (Å²) in [6.45, 7) is 5.58. The first-order valence-electron chi connectivity index (χ1n) is 16.1. The number of carbonyl (C=O) groups excluding carboxylic acids is 1. The van der Waals surface area contributed by atoms with E-state index in [0.29, 0.717) is 25.2 Å². The molecule has 270 valence electrons. The van der Waals surface area contributed by atoms with Crippen LogP contribution in [0.25, 0.3) is 0 Å². The lowest BCUT2D eigenvalue weighted by atomic mass is 10.0. The third kappa shape index (κ3) is 9.51. The van der Waals surface area contributed by atoms with Crippen LogP contribution in [0.15, 0.2) is 64.9 Å². The average Bonchev–Trinajstić information content (AvgIpc) is 3.53. The summed E-state index contributed by atoms with van der Waals surface area (Å²) >= 11 is 0. The first-order valence-corrected chi connectivity index (χ1v) is 19.0. The van der Waals surface area contributed by atoms with Crippen LogP contribution in [-0.2, 0) is 31.8 Å². The fourth-order valence-electron chi connectivity index (χ4n) is 5.46. The van der Waals surface area contributed by atoms with Gasteiger partial charge in [0, 0.05) is 51.6 Å². The molecular weight excluding hydrogens is 675 g/mol. The van der Waals surface area contributed by atoms with Gasteiger partial charge in [0.05, 0.1) is 48.8 Å². The number of imidazole rings is 1. The molecule has 0 aliphatic carbocycles. The second kappa shape index (κ2) is 16.3. The molecule has 0 saturated heterocycles. The number of methoxy groups -OCH3 is 1. The average molecular weight is 722 g/mol. The van der Waals surface area contributed by atoms with Crippen molar-refractivity contribution in [1.82, 2.24) is 18.8 Å². The number of fused-ring (bicyclic) bond motifs is 1. The molecule has 0 spiro atoms. The van der Waals surface area contributed by atoms with E-state index in [2.05, 4.69) is 9.71 Å². The first kappa shape index (κ1) is 38.1. The number of likely N-dealkylation sites (N-methyl/N-ethyl adjacent to an activating group) is 1. The third-order valence-electron chi connectivity index (χ3n) is 8.46. The summed E-state index contributed by atoms with van der Waals surface area (Å²) in [5.74, 6) is -0.0735. The Morgan fingerprint density at radius 3 is 2.47 bits per heavy atom. The zero-order chi connectivity index (χ0) is 35.9. The molecule has 1 aromatic heterocycles. The zero-order valence-electron chi connectivity index (χ0n) is 28.8. The molecule has 1 aliphatic rings. The number of nitrogens with one attached hydrogen (secondary N) is 1. The fraction of sp³-hybridized carbons (Fsp3) is 0.515. The Morgan fingerprint density at radius 2 is 1.84 bits per heavy atom. The summed E-state index contributed by atoms with van der Waals surface area (Å²) in [6, 6.07) is 9.98. The van der Waals surface area contributed by atoms with E-state index >= 15 is 0 Å². The molecule has 1 amide bonds. The highest BCUT2D eigenvalue weighted by atomic mass is 32.2. The number of rotatable bonds is 10. The summed E-state index contributed by atoms with van der Waals surface area (Å²) in [4.78, 5) is 19.9. The lowest BCUT2D eigenvalue weighted by molar-refractivity contribution is -0.00833. The molecule has 0 unspecified atom stereocenters. The van der Waals surface area contributed by atoms with Gasteiger partial charge in [-0.05, 0) is 75.6 Å². The number of aliphatic hydroxyl groups excluding tert-OH is 1. The fourth-order valence-corrected chi connectivity index (χ4v) is 7.68. The molecule has 0 radical (unpaired) electrons. The third-order valence-corrected chi connectivity index (χ3v) is 11.6. The molecule has 14 nitrogen and oxygen atoms in total. The van der Waals surface area contributed by atoms with Crippen molar-refractivity contribution in [2.75, 3.05) is 45.2 Å². The SMILES string of the molecule is COc1ccc(S(=O)(=O)N(C)C[C@H]2OCCCC[C@H](C)Oc3ccc(NS(=O)(=O)c4cn(C)cn4)cc3C(=O)N([C@@H](C)CO)C[C@@H]2C)cc1. The number of nitrogens with zero attached hydrogens (tertiary/aromatic N) is 4. The molecule has 0 bridgehead atoms. The van der Waals surface area contributed by atoms with Crippen molar-refractivity contribution in [3.05, 3.63) is 60.6 Å². The summed E-state index contributed by atoms with van der Waals surface area (Å²) in [5, 5.41) is 10.0. The highest BCUT2D eigenvalue weighted by Gasteiger charge is 2.33. The number of aliphatic hydroxyl groups is 1. The molecule has 4 atom stereocenters. The zero-order valence-corrected chi connectivity index (χ0v) is 30.4. The van der Waals surface area contributed by atoms with Crippen molar-refractivity contribution in [3.8, 4) is 11.5 Å². The number of anilines is 1. The predicted molar refractivity (Wildman–Crippen MR) is 184 cm³/mol. The quantitative estimate of drug-likeness (QED) is 0.317. The Balaban J connectivity index is 1.66. The molecule has 16 heteroatoms. The number of aromatic nitrogens is 2. The summed E-state index contributed by atoms with van der Waals surface area (Å²) in [5.41, 5.74) is 0.237. The molecule has 3 aromatic rings. The summed E-state index contributed by atoms with van der Waals surface area (Å²) in [7, 11) is -3.29. The maximum Gasteiger partial charge on any atom is 0.280 e. The van der Waals surface area contributed by atoms with Crippen LogP contribution in [0.3, 0.4) is 0 Å². The van der Waals surface area contributed by atoms with Crippen LogP contribution in [0, 0.1) is 5.92 Å². The minimum absolute atomic E-state index is 0.0145. The Morgan fingerprint density at radius 1 is 1.12 bits per heavy atom. The van der Waals surface area contributed by atoms with Gasteiger partial charge < -0.3 is 28.8 Å². The largest absolute Gasteiger partial charge is 0.497 e. The van der Waals surface area contributed by atoms with Crippen molar-refractivity contribution >= 4 is 31.6 Å². The molecule has 2 N–H and O–H groups in total. The van der Waals surface area contributed by atoms with Crippen LogP contribution in [0.4, 0.5) is 5.69 Å². The van der Waals surface area contributed by atoms with E-state index in [1.54, 1.807) is 32.2 Å². The number of hydrogen-bond donors (Lipinski definition) is 2. The van der Waals surface area contributed by atoms with Gasteiger partial charge in [-0.1, -0.05) is 6.92 Å². The lowest BCUT2D eigenvalue weighted by Crippen LogP contribution is -2.48. The van der Waals surface area contributed by atoms with Crippen LogP contribution >= 0.6 is 0 Å². The Hall–Kier alpha value is -3.70. The molecule has 1 aliphatic heterocycles. The summed E-state index contributed by atoms with van der Waals surface area (Å²) < 4.78 is 76.1. The van der Waals surface area contributed by atoms with Crippen LogP contribution < -0.4 is 14.2 Å². The second-order valence-electron chi connectivity index (χ2n) is 12.5. The summed E-state index contributed by atoms with van der Waals surface area (Å²) in [6.07, 6.45) is 3.94. The van der Waals surface area contributed by atoms with Crippen molar-refractivity contribution in [2.24, 2.45) is 13.0 Å². The van der Waals surface area contributed by atoms with Gasteiger partial charge in [-0.3, -0.25) is 9.52 Å². The van der Waals surface area contributed by atoms with Crippen LogP contribution in [0.1, 0.15) is 50.4 Å². The number of benzene rings is 2. The normalized spacial score (nSPS) is 20.6. The van der Waals surface area contributed by atoms with Crippen LogP contribution in [0.2, 0.25) is 0 Å². The predicted octanol–water partition coefficient (Wildman–Crippen LogP) is 3.35. The van der Waals surface area contributed by atoms with Crippen LogP contribution in [0.5, 0.6) is 11.5 Å². The molecular formula is C33H47N5O9S2. The van der Waals surface area contributed by atoms with Crippen molar-refractivity contribution in [2.45, 2.75) is 68.2 Å². The molecule has 0 saturated carbocycles. The van der Waals surface area contributed by atoms with Crippen molar-refractivity contribution < 1.29 is 40.9 Å². The number of ether oxygens (including phenoxy) is 3. The molecule has 2 aromatic carbocycles. The van der Waals surface area contributed by atoms with E-state index < -0.39 is 38.1 Å². The van der Waals surface area contributed by atoms with Crippen molar-refractivity contribution in [1.29, 1.82) is 0 Å². The van der Waals surface area contributed by atoms with Gasteiger partial charge >= 0.3 is 0 Å². The van der Waals surface area contributed by atoms with Gasteiger partial charge in [-0.15, -0.1) is 0 Å². The minimum Gasteiger partial charge on any atom is -0.497 e. The van der Waals surface area contributed by atoms with E-state index in [1.165, 1.54) is 64.7 Å². The highest BCUT2D eigenvalue weighted by molar-refractivity contribution is 7.92. The molecule has 2 heterocycles. The monoisotopic (exact) mass is 721 g/mol. The number of sulfonamides is 2. The minimum atomic E-state index is -4.06. The van der Waals surface area contributed by atoms with E-state index in [-0.39, 0.29) is 58.6 Å². The number of carbonyl (C=O) groups is 1. The van der Waals surface area contributed by atoms with Gasteiger partial charge in [0.2, 0.25) is 10.0 Å². The maximum absolute atomic E-state index is 14.4. The Bertz CT molecular complexity index is 1780. The van der Waals surface area contributed by atoms with E-state index in [1.807, 2.05) is 13.8 Å². The van der Waals surface area contributed by atoms with E-state index in [0.717, 1.165) is 6.42 Å². The standard InChI is InChI=1S/C33H47N5O9S2/c1-23-18-38(24(2)21-39)33(40)29-17-26(35-48(41,42)32-20-36(4)22-34-32)10-15-30(29)47-25(3)9-7-8-16-46-31(23)19-37(5)49(43,44)28-13-11-27(45-6)12-14-28/h10-15,17,20,22-25,31,35,39H,7-9,16,18-19,21H2,1-6H3/t23-,24-,25-,31+/m0/s1. The lowest BCUT2D eigenvalue weighted by Gasteiger charge is -2.35. The van der Waals surface area contributed by atoms with Crippen LogP contribution in [-0.4, -0.2) is 105 Å². The van der Waals surface area contributed by atoms with Crippen molar-refractivity contribution in [3.63, 3.8) is 0 Å². The Labute approximate surface area is 289 Å². The number of aryl methyl sites for hydroxylation is 1.